The van der Waals surface area contributed by atoms with Crippen LogP contribution in [0.15, 0.2) is 28.7 Å². The first-order chi connectivity index (χ1) is 7.74. The Labute approximate surface area is 116 Å². The van der Waals surface area contributed by atoms with E-state index in [1.54, 1.807) is 0 Å². The lowest BCUT2D eigenvalue weighted by atomic mass is 10.1. The number of halogens is 2. The monoisotopic (exact) mass is 346 g/mol. The molecule has 0 fully saturated rings. The molecular formula is C14H20Br2. The van der Waals surface area contributed by atoms with E-state index in [1.807, 2.05) is 0 Å². The van der Waals surface area contributed by atoms with Crippen LogP contribution < -0.4 is 0 Å². The molecule has 0 N–H and O–H groups in total. The largest absolute Gasteiger partial charge is 0.0839 e. The third kappa shape index (κ3) is 5.49. The summed E-state index contributed by atoms with van der Waals surface area (Å²) >= 11 is 7.22. The number of unbranched alkanes of at least 4 members (excludes halogenated alkanes) is 4. The first-order valence-corrected chi connectivity index (χ1v) is 7.84. The van der Waals surface area contributed by atoms with E-state index in [-0.39, 0.29) is 0 Å². The summed E-state index contributed by atoms with van der Waals surface area (Å²) in [6, 6.07) is 8.60. The molecule has 0 aliphatic heterocycles. The Bertz CT molecular complexity index is 279. The quantitative estimate of drug-likeness (QED) is 0.404. The number of rotatable bonds is 7. The van der Waals surface area contributed by atoms with Gasteiger partial charge < -0.3 is 0 Å². The second kappa shape index (κ2) is 8.30. The fourth-order valence-corrected chi connectivity index (χ4v) is 2.66. The van der Waals surface area contributed by atoms with E-state index in [9.17, 15) is 0 Å². The van der Waals surface area contributed by atoms with E-state index < -0.39 is 0 Å². The van der Waals surface area contributed by atoms with Crippen LogP contribution in [0.2, 0.25) is 0 Å². The van der Waals surface area contributed by atoms with Crippen molar-refractivity contribution in [2.75, 3.05) is 0 Å². The molecule has 0 saturated heterocycles. The maximum atomic E-state index is 3.76. The third-order valence-electron chi connectivity index (χ3n) is 2.79. The molecule has 1 atom stereocenters. The van der Waals surface area contributed by atoms with Crippen LogP contribution in [0.1, 0.15) is 55.8 Å². The van der Waals surface area contributed by atoms with Crippen molar-refractivity contribution in [2.24, 2.45) is 0 Å². The molecule has 0 saturated carbocycles. The van der Waals surface area contributed by atoms with Gasteiger partial charge in [-0.2, -0.15) is 0 Å². The molecule has 0 nitrogen and oxygen atoms in total. The molecular weight excluding hydrogens is 328 g/mol. The van der Waals surface area contributed by atoms with Crippen molar-refractivity contribution in [3.63, 3.8) is 0 Å². The number of benzene rings is 1. The third-order valence-corrected chi connectivity index (χ3v) is 4.31. The maximum absolute atomic E-state index is 3.76. The van der Waals surface area contributed by atoms with Crippen LogP contribution in [0.25, 0.3) is 0 Å². The van der Waals surface area contributed by atoms with E-state index in [0.717, 1.165) is 4.47 Å². The van der Waals surface area contributed by atoms with Gasteiger partial charge >= 0.3 is 0 Å². The Balaban J connectivity index is 2.24. The number of hydrogen-bond acceptors (Lipinski definition) is 0. The van der Waals surface area contributed by atoms with Gasteiger partial charge in [-0.15, -0.1) is 0 Å². The SMILES string of the molecule is CCCCCCCC(Br)c1ccc(Br)cc1. The van der Waals surface area contributed by atoms with Crippen LogP contribution in [-0.2, 0) is 0 Å². The van der Waals surface area contributed by atoms with E-state index >= 15 is 0 Å². The van der Waals surface area contributed by atoms with E-state index in [0.29, 0.717) is 4.83 Å². The van der Waals surface area contributed by atoms with Crippen molar-refractivity contribution in [3.05, 3.63) is 34.3 Å². The van der Waals surface area contributed by atoms with Crippen LogP contribution >= 0.6 is 31.9 Å². The van der Waals surface area contributed by atoms with Crippen molar-refractivity contribution in [1.82, 2.24) is 0 Å². The van der Waals surface area contributed by atoms with Crippen LogP contribution in [0.3, 0.4) is 0 Å². The van der Waals surface area contributed by atoms with Gasteiger partial charge in [-0.3, -0.25) is 0 Å². The molecule has 16 heavy (non-hydrogen) atoms. The molecule has 1 aromatic carbocycles. The van der Waals surface area contributed by atoms with Crippen LogP contribution in [0, 0.1) is 0 Å². The van der Waals surface area contributed by atoms with Crippen molar-refractivity contribution < 1.29 is 0 Å². The summed E-state index contributed by atoms with van der Waals surface area (Å²) in [7, 11) is 0. The summed E-state index contributed by atoms with van der Waals surface area (Å²) in [4.78, 5) is 0.516. The smallest absolute Gasteiger partial charge is 0.0395 e. The predicted molar refractivity (Wildman–Crippen MR) is 79.2 cm³/mol. The molecule has 0 aliphatic rings. The van der Waals surface area contributed by atoms with Gasteiger partial charge in [0, 0.05) is 9.30 Å². The molecule has 0 bridgehead atoms. The highest BCUT2D eigenvalue weighted by atomic mass is 79.9. The normalized spacial score (nSPS) is 12.7. The van der Waals surface area contributed by atoms with Crippen molar-refractivity contribution >= 4 is 31.9 Å². The van der Waals surface area contributed by atoms with E-state index in [2.05, 4.69) is 63.0 Å². The predicted octanol–water partition coefficient (Wildman–Crippen LogP) is 6.25. The number of hydrogen-bond donors (Lipinski definition) is 0. The Kier molecular flexibility index (Phi) is 7.39. The second-order valence-electron chi connectivity index (χ2n) is 4.22. The van der Waals surface area contributed by atoms with Gasteiger partial charge in [-0.1, -0.05) is 83.0 Å². The summed E-state index contributed by atoms with van der Waals surface area (Å²) in [5, 5.41) is 0. The van der Waals surface area contributed by atoms with Crippen molar-refractivity contribution in [2.45, 2.75) is 50.3 Å². The first kappa shape index (κ1) is 14.2. The maximum Gasteiger partial charge on any atom is 0.0395 e. The molecule has 2 heteroatoms. The molecule has 1 aromatic rings. The molecule has 0 heterocycles. The molecule has 0 spiro atoms. The van der Waals surface area contributed by atoms with E-state index in [1.165, 1.54) is 44.1 Å². The summed E-state index contributed by atoms with van der Waals surface area (Å²) in [6.45, 7) is 2.26. The average molecular weight is 348 g/mol. The molecule has 1 rings (SSSR count). The fraction of sp³-hybridized carbons (Fsp3) is 0.571. The zero-order valence-electron chi connectivity index (χ0n) is 9.89. The van der Waals surface area contributed by atoms with Gasteiger partial charge in [0.25, 0.3) is 0 Å². The summed E-state index contributed by atoms with van der Waals surface area (Å²) < 4.78 is 1.15. The lowest BCUT2D eigenvalue weighted by Gasteiger charge is -2.10. The summed E-state index contributed by atoms with van der Waals surface area (Å²) in [5.74, 6) is 0. The second-order valence-corrected chi connectivity index (χ2v) is 6.24. The summed E-state index contributed by atoms with van der Waals surface area (Å²) in [5.41, 5.74) is 1.39. The van der Waals surface area contributed by atoms with E-state index in [4.69, 9.17) is 0 Å². The van der Waals surface area contributed by atoms with Crippen molar-refractivity contribution in [3.8, 4) is 0 Å². The summed E-state index contributed by atoms with van der Waals surface area (Å²) in [6.07, 6.45) is 8.02. The molecule has 0 aliphatic carbocycles. The minimum absolute atomic E-state index is 0.516. The molecule has 0 aromatic heterocycles. The molecule has 1 unspecified atom stereocenters. The van der Waals surface area contributed by atoms with Gasteiger partial charge in [0.2, 0.25) is 0 Å². The minimum Gasteiger partial charge on any atom is -0.0839 e. The van der Waals surface area contributed by atoms with Gasteiger partial charge in [0.05, 0.1) is 0 Å². The fourth-order valence-electron chi connectivity index (χ4n) is 1.77. The van der Waals surface area contributed by atoms with Crippen molar-refractivity contribution in [1.29, 1.82) is 0 Å². The highest BCUT2D eigenvalue weighted by molar-refractivity contribution is 9.10. The topological polar surface area (TPSA) is 0 Å². The Morgan fingerprint density at radius 3 is 2.25 bits per heavy atom. The standard InChI is InChI=1S/C14H20Br2/c1-2-3-4-5-6-7-14(16)12-8-10-13(15)11-9-12/h8-11,14H,2-7H2,1H3. The molecule has 90 valence electrons. The minimum atomic E-state index is 0.516. The van der Waals surface area contributed by atoms with Gasteiger partial charge in [-0.05, 0) is 24.1 Å². The Morgan fingerprint density at radius 2 is 1.62 bits per heavy atom. The number of alkyl halides is 1. The van der Waals surface area contributed by atoms with Crippen LogP contribution in [0.4, 0.5) is 0 Å². The average Bonchev–Trinajstić information content (AvgIpc) is 2.29. The Hall–Kier alpha value is 0.180. The highest BCUT2D eigenvalue weighted by Crippen LogP contribution is 2.29. The lowest BCUT2D eigenvalue weighted by molar-refractivity contribution is 0.606. The van der Waals surface area contributed by atoms with Crippen LogP contribution in [0.5, 0.6) is 0 Å². The van der Waals surface area contributed by atoms with Gasteiger partial charge in [-0.25, -0.2) is 0 Å². The molecule has 0 amide bonds. The highest BCUT2D eigenvalue weighted by Gasteiger charge is 2.06. The van der Waals surface area contributed by atoms with Gasteiger partial charge in [0.1, 0.15) is 0 Å². The Morgan fingerprint density at radius 1 is 1.00 bits per heavy atom. The first-order valence-electron chi connectivity index (χ1n) is 6.13. The zero-order valence-corrected chi connectivity index (χ0v) is 13.1. The molecule has 0 radical (unpaired) electrons. The zero-order chi connectivity index (χ0) is 11.8. The van der Waals surface area contributed by atoms with Gasteiger partial charge in [0.15, 0.2) is 0 Å². The lowest BCUT2D eigenvalue weighted by Crippen LogP contribution is -1.90. The van der Waals surface area contributed by atoms with Crippen LogP contribution in [-0.4, -0.2) is 0 Å².